The minimum absolute atomic E-state index is 0.0900. The lowest BCUT2D eigenvalue weighted by Crippen LogP contribution is -2.57. The Morgan fingerprint density at radius 3 is 1.97 bits per heavy atom. The molecular formula is C24H28N2O6. The molecule has 0 radical (unpaired) electrons. The third-order valence-electron chi connectivity index (χ3n) is 5.53. The van der Waals surface area contributed by atoms with Crippen LogP contribution in [0.4, 0.5) is 4.79 Å². The van der Waals surface area contributed by atoms with E-state index in [4.69, 9.17) is 14.9 Å². The van der Waals surface area contributed by atoms with Gasteiger partial charge in [-0.1, -0.05) is 69.3 Å². The van der Waals surface area contributed by atoms with E-state index in [1.54, 1.807) is 20.8 Å². The predicted molar refractivity (Wildman–Crippen MR) is 118 cm³/mol. The monoisotopic (exact) mass is 440 g/mol. The smallest absolute Gasteiger partial charge is 0.407 e. The van der Waals surface area contributed by atoms with Gasteiger partial charge in [0.2, 0.25) is 5.91 Å². The van der Waals surface area contributed by atoms with Crippen LogP contribution in [0.25, 0.3) is 11.1 Å². The molecule has 0 saturated carbocycles. The van der Waals surface area contributed by atoms with Crippen LogP contribution in [0, 0.1) is 5.41 Å². The zero-order valence-electron chi connectivity index (χ0n) is 18.3. The van der Waals surface area contributed by atoms with Gasteiger partial charge in [0.05, 0.1) is 6.61 Å². The summed E-state index contributed by atoms with van der Waals surface area (Å²) in [5, 5.41) is 23.0. The minimum atomic E-state index is -1.46. The third-order valence-corrected chi connectivity index (χ3v) is 5.53. The van der Waals surface area contributed by atoms with Gasteiger partial charge in [0.15, 0.2) is 0 Å². The molecule has 0 aliphatic heterocycles. The van der Waals surface area contributed by atoms with E-state index < -0.39 is 42.1 Å². The molecule has 3 rings (SSSR count). The molecule has 32 heavy (non-hydrogen) atoms. The number of hydrogen-bond acceptors (Lipinski definition) is 5. The Bertz CT molecular complexity index is 968. The number of hydrogen-bond donors (Lipinski definition) is 4. The topological polar surface area (TPSA) is 125 Å². The van der Waals surface area contributed by atoms with Gasteiger partial charge in [0, 0.05) is 5.92 Å². The summed E-state index contributed by atoms with van der Waals surface area (Å²) in [6.45, 7) is 4.52. The number of aliphatic hydroxyl groups is 1. The van der Waals surface area contributed by atoms with Crippen LogP contribution >= 0.6 is 0 Å². The molecule has 2 unspecified atom stereocenters. The molecule has 0 heterocycles. The summed E-state index contributed by atoms with van der Waals surface area (Å²) in [7, 11) is 0. The van der Waals surface area contributed by atoms with Gasteiger partial charge in [-0.05, 0) is 27.7 Å². The summed E-state index contributed by atoms with van der Waals surface area (Å²) in [6.07, 6.45) is -0.780. The number of ether oxygens (including phenoxy) is 1. The molecule has 0 bridgehead atoms. The van der Waals surface area contributed by atoms with Crippen molar-refractivity contribution in [1.29, 1.82) is 0 Å². The Morgan fingerprint density at radius 2 is 1.50 bits per heavy atom. The van der Waals surface area contributed by atoms with Crippen LogP contribution in [-0.4, -0.2) is 53.5 Å². The van der Waals surface area contributed by atoms with E-state index in [1.165, 1.54) is 0 Å². The van der Waals surface area contributed by atoms with Crippen molar-refractivity contribution in [3.05, 3.63) is 59.7 Å². The van der Waals surface area contributed by atoms with Gasteiger partial charge in [-0.3, -0.25) is 4.79 Å². The summed E-state index contributed by atoms with van der Waals surface area (Å²) < 4.78 is 5.50. The SMILES string of the molecule is CC(C)(C)C(NC(=O)OCC1c2ccccc2-c2ccccc21)C(=O)NC(CO)C(=O)O. The first-order valence-electron chi connectivity index (χ1n) is 10.4. The van der Waals surface area contributed by atoms with Crippen molar-refractivity contribution in [3.63, 3.8) is 0 Å². The summed E-state index contributed by atoms with van der Waals surface area (Å²) >= 11 is 0. The molecule has 1 aliphatic carbocycles. The fourth-order valence-corrected chi connectivity index (χ4v) is 3.87. The van der Waals surface area contributed by atoms with Crippen molar-refractivity contribution in [3.8, 4) is 11.1 Å². The van der Waals surface area contributed by atoms with E-state index in [9.17, 15) is 14.4 Å². The highest BCUT2D eigenvalue weighted by molar-refractivity contribution is 5.90. The van der Waals surface area contributed by atoms with Gasteiger partial charge in [0.1, 0.15) is 18.7 Å². The minimum Gasteiger partial charge on any atom is -0.480 e. The van der Waals surface area contributed by atoms with E-state index >= 15 is 0 Å². The molecule has 0 fully saturated rings. The van der Waals surface area contributed by atoms with Crippen LogP contribution in [0.15, 0.2) is 48.5 Å². The van der Waals surface area contributed by atoms with Crippen molar-refractivity contribution in [1.82, 2.24) is 10.6 Å². The second kappa shape index (κ2) is 9.40. The number of aliphatic hydroxyl groups excluding tert-OH is 1. The lowest BCUT2D eigenvalue weighted by atomic mass is 9.86. The Balaban J connectivity index is 1.70. The highest BCUT2D eigenvalue weighted by atomic mass is 16.5. The summed E-state index contributed by atoms with van der Waals surface area (Å²) in [4.78, 5) is 36.4. The maximum Gasteiger partial charge on any atom is 0.407 e. The van der Waals surface area contributed by atoms with Gasteiger partial charge in [-0.25, -0.2) is 9.59 Å². The van der Waals surface area contributed by atoms with Gasteiger partial charge < -0.3 is 25.6 Å². The van der Waals surface area contributed by atoms with Crippen LogP contribution in [0.3, 0.4) is 0 Å². The Hall–Kier alpha value is -3.39. The fraction of sp³-hybridized carbons (Fsp3) is 0.375. The highest BCUT2D eigenvalue weighted by Crippen LogP contribution is 2.44. The average Bonchev–Trinajstić information content (AvgIpc) is 3.07. The lowest BCUT2D eigenvalue weighted by molar-refractivity contribution is -0.143. The summed E-state index contributed by atoms with van der Waals surface area (Å²) in [5.74, 6) is -2.21. The van der Waals surface area contributed by atoms with E-state index in [0.717, 1.165) is 22.3 Å². The zero-order valence-corrected chi connectivity index (χ0v) is 18.3. The first-order valence-corrected chi connectivity index (χ1v) is 10.4. The maximum absolute atomic E-state index is 12.6. The number of rotatable bonds is 7. The molecule has 8 heteroatoms. The molecule has 0 spiro atoms. The number of carbonyl (C=O) groups excluding carboxylic acids is 2. The van der Waals surface area contributed by atoms with Crippen LogP contribution in [0.2, 0.25) is 0 Å². The molecule has 2 amide bonds. The second-order valence-corrected chi connectivity index (χ2v) is 8.85. The van der Waals surface area contributed by atoms with Crippen molar-refractivity contribution < 1.29 is 29.3 Å². The van der Waals surface area contributed by atoms with Crippen LogP contribution < -0.4 is 10.6 Å². The summed E-state index contributed by atoms with van der Waals surface area (Å²) in [5.41, 5.74) is 3.62. The lowest BCUT2D eigenvalue weighted by Gasteiger charge is -2.31. The van der Waals surface area contributed by atoms with Crippen LogP contribution in [-0.2, 0) is 14.3 Å². The first-order chi connectivity index (χ1) is 15.1. The summed E-state index contributed by atoms with van der Waals surface area (Å²) in [6, 6.07) is 13.4. The molecule has 170 valence electrons. The number of alkyl carbamates (subject to hydrolysis) is 1. The number of aliphatic carboxylic acids is 1. The maximum atomic E-state index is 12.6. The number of carboxylic acids is 1. The van der Waals surface area contributed by atoms with E-state index in [-0.39, 0.29) is 12.5 Å². The fourth-order valence-electron chi connectivity index (χ4n) is 3.87. The van der Waals surface area contributed by atoms with Crippen molar-refractivity contribution in [2.45, 2.75) is 38.8 Å². The molecule has 2 aromatic rings. The van der Waals surface area contributed by atoms with E-state index in [2.05, 4.69) is 10.6 Å². The van der Waals surface area contributed by atoms with Crippen molar-refractivity contribution in [2.24, 2.45) is 5.41 Å². The van der Waals surface area contributed by atoms with Crippen molar-refractivity contribution in [2.75, 3.05) is 13.2 Å². The van der Waals surface area contributed by atoms with Crippen molar-refractivity contribution >= 4 is 18.0 Å². The predicted octanol–water partition coefficient (Wildman–Crippen LogP) is 2.50. The molecular weight excluding hydrogens is 412 g/mol. The van der Waals surface area contributed by atoms with Gasteiger partial charge in [-0.2, -0.15) is 0 Å². The van der Waals surface area contributed by atoms with E-state index in [0.29, 0.717) is 0 Å². The number of carbonyl (C=O) groups is 3. The molecule has 4 N–H and O–H groups in total. The standard InChI is InChI=1S/C24H28N2O6/c1-24(2,3)20(21(28)25-19(12-27)22(29)30)26-23(31)32-13-18-16-10-6-4-8-14(16)15-9-5-7-11-17(15)18/h4-11,18-20,27H,12-13H2,1-3H3,(H,25,28)(H,26,31)(H,29,30). The number of amides is 2. The largest absolute Gasteiger partial charge is 0.480 e. The Labute approximate surface area is 186 Å². The van der Waals surface area contributed by atoms with Gasteiger partial charge in [0.25, 0.3) is 0 Å². The van der Waals surface area contributed by atoms with Gasteiger partial charge >= 0.3 is 12.1 Å². The second-order valence-electron chi connectivity index (χ2n) is 8.85. The normalized spacial score (nSPS) is 14.6. The number of benzene rings is 2. The Kier molecular flexibility index (Phi) is 6.84. The molecule has 2 aromatic carbocycles. The van der Waals surface area contributed by atoms with Crippen LogP contribution in [0.5, 0.6) is 0 Å². The van der Waals surface area contributed by atoms with Crippen LogP contribution in [0.1, 0.15) is 37.8 Å². The number of nitrogens with one attached hydrogen (secondary N) is 2. The molecule has 8 nitrogen and oxygen atoms in total. The van der Waals surface area contributed by atoms with Gasteiger partial charge in [-0.15, -0.1) is 0 Å². The Morgan fingerprint density at radius 1 is 0.969 bits per heavy atom. The average molecular weight is 440 g/mol. The molecule has 0 saturated heterocycles. The first kappa shape index (κ1) is 23.3. The molecule has 2 atom stereocenters. The van der Waals surface area contributed by atoms with E-state index in [1.807, 2.05) is 48.5 Å². The quantitative estimate of drug-likeness (QED) is 0.524. The number of carboxylic acid groups (broad SMARTS) is 1. The highest BCUT2D eigenvalue weighted by Gasteiger charge is 2.36. The number of fused-ring (bicyclic) bond motifs is 3. The molecule has 1 aliphatic rings. The third kappa shape index (κ3) is 4.91. The molecule has 0 aromatic heterocycles. The zero-order chi connectivity index (χ0) is 23.5.